The summed E-state index contributed by atoms with van der Waals surface area (Å²) >= 11 is 6.12. The number of fused-ring (bicyclic) bond motifs is 1. The Bertz CT molecular complexity index is 1070. The molecule has 0 aliphatic carbocycles. The topological polar surface area (TPSA) is 133 Å². The first-order chi connectivity index (χ1) is 14.7. The number of sulfonamides is 1. The highest BCUT2D eigenvalue weighted by atomic mass is 35.5. The smallest absolute Gasteiger partial charge is 0.322 e. The van der Waals surface area contributed by atoms with E-state index in [9.17, 15) is 23.1 Å². The summed E-state index contributed by atoms with van der Waals surface area (Å²) < 4.78 is 26.9. The Labute approximate surface area is 185 Å². The molecule has 4 N–H and O–H groups in total. The van der Waals surface area contributed by atoms with Crippen molar-refractivity contribution < 1.29 is 23.1 Å². The largest absolute Gasteiger partial charge is 0.480 e. The number of amides is 2. The summed E-state index contributed by atoms with van der Waals surface area (Å²) in [4.78, 5) is 23.5. The van der Waals surface area contributed by atoms with Gasteiger partial charge in [0, 0.05) is 48.5 Å². The quantitative estimate of drug-likeness (QED) is 0.627. The molecule has 2 aliphatic heterocycles. The number of aliphatic carboxylic acids is 1. The third-order valence-electron chi connectivity index (χ3n) is 5.33. The van der Waals surface area contributed by atoms with E-state index in [2.05, 4.69) is 5.32 Å². The maximum atomic E-state index is 12.9. The molecule has 1 atom stereocenters. The Morgan fingerprint density at radius 3 is 2.32 bits per heavy atom. The molecular weight excluding hydrogens is 444 g/mol. The molecule has 2 amide bonds. The van der Waals surface area contributed by atoms with Crippen molar-refractivity contribution in [3.05, 3.63) is 41.4 Å². The van der Waals surface area contributed by atoms with Crippen LogP contribution in [-0.4, -0.2) is 73.5 Å². The number of carboxylic acid groups (broad SMARTS) is 1. The number of urea groups is 1. The van der Waals surface area contributed by atoms with Crippen LogP contribution >= 0.6 is 11.6 Å². The zero-order chi connectivity index (χ0) is 22.6. The Morgan fingerprint density at radius 1 is 1.06 bits per heavy atom. The van der Waals surface area contributed by atoms with Crippen molar-refractivity contribution in [2.24, 2.45) is 5.73 Å². The van der Waals surface area contributed by atoms with Crippen molar-refractivity contribution in [3.63, 3.8) is 0 Å². The normalized spacial score (nSPS) is 19.6. The summed E-state index contributed by atoms with van der Waals surface area (Å²) in [7, 11) is -3.88. The second-order valence-electron chi connectivity index (χ2n) is 7.28. The van der Waals surface area contributed by atoms with Gasteiger partial charge < -0.3 is 21.1 Å². The molecule has 0 unspecified atom stereocenters. The molecule has 0 bridgehead atoms. The highest BCUT2D eigenvalue weighted by Crippen LogP contribution is 2.33. The van der Waals surface area contributed by atoms with Crippen LogP contribution in [0.1, 0.15) is 12.8 Å². The minimum Gasteiger partial charge on any atom is -0.480 e. The number of carboxylic acids is 1. The summed E-state index contributed by atoms with van der Waals surface area (Å²) in [6, 6.07) is 8.60. The Hall–Kier alpha value is -2.40. The number of carbonyl (C=O) groups excluding carboxylic acids is 1. The predicted molar refractivity (Wildman–Crippen MR) is 118 cm³/mol. The van der Waals surface area contributed by atoms with Gasteiger partial charge in [0.1, 0.15) is 6.04 Å². The van der Waals surface area contributed by atoms with Gasteiger partial charge in [0.2, 0.25) is 10.0 Å². The number of rotatable bonds is 3. The molecule has 0 saturated carbocycles. The number of benzene rings is 2. The Balaban J connectivity index is 0.000000254. The van der Waals surface area contributed by atoms with Crippen LogP contribution in [0.15, 0.2) is 41.3 Å². The summed E-state index contributed by atoms with van der Waals surface area (Å²) in [5.41, 5.74) is 5.03. The molecule has 0 aromatic heterocycles. The van der Waals surface area contributed by atoms with Crippen molar-refractivity contribution in [2.75, 3.05) is 32.7 Å². The van der Waals surface area contributed by atoms with E-state index in [1.807, 2.05) is 0 Å². The molecule has 9 nitrogen and oxygen atoms in total. The molecule has 2 aliphatic rings. The van der Waals surface area contributed by atoms with E-state index in [-0.39, 0.29) is 17.5 Å². The molecule has 2 aromatic carbocycles. The molecule has 2 fully saturated rings. The van der Waals surface area contributed by atoms with Gasteiger partial charge in [-0.1, -0.05) is 35.9 Å². The molecule has 4 rings (SSSR count). The van der Waals surface area contributed by atoms with Crippen LogP contribution in [0, 0.1) is 0 Å². The molecule has 2 aromatic rings. The van der Waals surface area contributed by atoms with E-state index in [4.69, 9.17) is 17.3 Å². The fourth-order valence-electron chi connectivity index (χ4n) is 3.75. The van der Waals surface area contributed by atoms with Crippen LogP contribution in [0.25, 0.3) is 10.8 Å². The molecule has 11 heteroatoms. The van der Waals surface area contributed by atoms with Crippen LogP contribution in [0.5, 0.6) is 0 Å². The Kier molecular flexibility index (Phi) is 7.37. The van der Waals surface area contributed by atoms with E-state index < -0.39 is 22.0 Å². The number of nitrogens with two attached hydrogens (primary N) is 1. The third kappa shape index (κ3) is 5.09. The molecule has 31 heavy (non-hydrogen) atoms. The highest BCUT2D eigenvalue weighted by molar-refractivity contribution is 7.89. The van der Waals surface area contributed by atoms with Gasteiger partial charge in [-0.15, -0.1) is 0 Å². The lowest BCUT2D eigenvalue weighted by atomic mass is 10.1. The summed E-state index contributed by atoms with van der Waals surface area (Å²) in [5, 5.41) is 13.9. The predicted octanol–water partition coefficient (Wildman–Crippen LogP) is 1.70. The lowest BCUT2D eigenvalue weighted by Gasteiger charge is -2.25. The monoisotopic (exact) mass is 468 g/mol. The van der Waals surface area contributed by atoms with Crippen molar-refractivity contribution in [1.29, 1.82) is 0 Å². The SMILES string of the molecule is NC(=O)N1CCNCC1.O=C(O)[C@@H]1CCCN1S(=O)(=O)c1cccc2c(Cl)cccc12. The summed E-state index contributed by atoms with van der Waals surface area (Å²) in [6.07, 6.45) is 0.877. The zero-order valence-electron chi connectivity index (χ0n) is 16.8. The standard InChI is InChI=1S/C15H14ClNO4S.C5H11N3O/c16-12-6-1-5-11-10(12)4-2-8-14(11)22(20,21)17-9-3-7-13(17)15(18)19;6-5(9)8-3-1-7-2-4-8/h1-2,4-6,8,13H,3,7,9H2,(H,18,19);7H,1-4H2,(H2,6,9)/t13-;/m0./s1. The van der Waals surface area contributed by atoms with Crippen LogP contribution < -0.4 is 11.1 Å². The van der Waals surface area contributed by atoms with Crippen LogP contribution in [0.3, 0.4) is 0 Å². The zero-order valence-corrected chi connectivity index (χ0v) is 18.4. The van der Waals surface area contributed by atoms with Gasteiger partial charge >= 0.3 is 12.0 Å². The number of primary amides is 1. The first kappa shape index (κ1) is 23.3. The summed E-state index contributed by atoms with van der Waals surface area (Å²) in [5.74, 6) is -1.11. The highest BCUT2D eigenvalue weighted by Gasteiger charge is 2.40. The second-order valence-corrected chi connectivity index (χ2v) is 9.54. The summed E-state index contributed by atoms with van der Waals surface area (Å²) in [6.45, 7) is 3.44. The number of nitrogens with zero attached hydrogens (tertiary/aromatic N) is 2. The maximum Gasteiger partial charge on any atom is 0.322 e. The number of halogens is 1. The number of carbonyl (C=O) groups is 2. The van der Waals surface area contributed by atoms with E-state index >= 15 is 0 Å². The second kappa shape index (κ2) is 9.82. The van der Waals surface area contributed by atoms with Crippen LogP contribution in [0.4, 0.5) is 4.79 Å². The van der Waals surface area contributed by atoms with Gasteiger partial charge in [-0.05, 0) is 25.0 Å². The van der Waals surface area contributed by atoms with Crippen molar-refractivity contribution in [2.45, 2.75) is 23.8 Å². The lowest BCUT2D eigenvalue weighted by Crippen LogP contribution is -2.48. The average Bonchev–Trinajstić information content (AvgIpc) is 3.26. The number of hydrogen-bond acceptors (Lipinski definition) is 5. The van der Waals surface area contributed by atoms with Crippen molar-refractivity contribution >= 4 is 44.4 Å². The lowest BCUT2D eigenvalue weighted by molar-refractivity contribution is -0.140. The van der Waals surface area contributed by atoms with Crippen molar-refractivity contribution in [3.8, 4) is 0 Å². The fraction of sp³-hybridized carbons (Fsp3) is 0.400. The van der Waals surface area contributed by atoms with Crippen LogP contribution in [-0.2, 0) is 14.8 Å². The minimum atomic E-state index is -3.88. The van der Waals surface area contributed by atoms with Crippen molar-refractivity contribution in [1.82, 2.24) is 14.5 Å². The van der Waals surface area contributed by atoms with Gasteiger partial charge in [0.25, 0.3) is 0 Å². The van der Waals surface area contributed by atoms with Crippen LogP contribution in [0.2, 0.25) is 5.02 Å². The fourth-order valence-corrected chi connectivity index (χ4v) is 5.85. The molecule has 0 spiro atoms. The maximum absolute atomic E-state index is 12.9. The van der Waals surface area contributed by atoms with Gasteiger partial charge in [-0.3, -0.25) is 4.79 Å². The van der Waals surface area contributed by atoms with Gasteiger partial charge in [0.05, 0.1) is 4.90 Å². The third-order valence-corrected chi connectivity index (χ3v) is 7.63. The molecule has 2 saturated heterocycles. The molecule has 0 radical (unpaired) electrons. The van der Waals surface area contributed by atoms with Gasteiger partial charge in [-0.25, -0.2) is 13.2 Å². The number of piperazine rings is 1. The first-order valence-corrected chi connectivity index (χ1v) is 11.7. The van der Waals surface area contributed by atoms with E-state index in [1.165, 1.54) is 6.07 Å². The average molecular weight is 469 g/mol. The Morgan fingerprint density at radius 2 is 1.71 bits per heavy atom. The minimum absolute atomic E-state index is 0.0978. The van der Waals surface area contributed by atoms with Gasteiger partial charge in [-0.2, -0.15) is 4.31 Å². The van der Waals surface area contributed by atoms with E-state index in [0.717, 1.165) is 30.5 Å². The molecule has 168 valence electrons. The number of nitrogens with one attached hydrogen (secondary N) is 1. The molecule has 2 heterocycles. The van der Waals surface area contributed by atoms with E-state index in [0.29, 0.717) is 28.6 Å². The first-order valence-electron chi connectivity index (χ1n) is 9.90. The van der Waals surface area contributed by atoms with E-state index in [1.54, 1.807) is 35.2 Å². The molecular formula is C20H25ClN4O5S. The number of hydrogen-bond donors (Lipinski definition) is 3. The van der Waals surface area contributed by atoms with Gasteiger partial charge in [0.15, 0.2) is 0 Å².